The van der Waals surface area contributed by atoms with Crippen LogP contribution in [0.15, 0.2) is 65.4 Å². The molecule has 0 spiro atoms. The second-order valence-electron chi connectivity index (χ2n) is 5.60. The Morgan fingerprint density at radius 1 is 1.13 bits per heavy atom. The molecule has 1 aromatic heterocycles. The van der Waals surface area contributed by atoms with Crippen LogP contribution in [0.1, 0.15) is 22.7 Å². The highest BCUT2D eigenvalue weighted by atomic mass is 79.9. The van der Waals surface area contributed by atoms with E-state index < -0.39 is 0 Å². The summed E-state index contributed by atoms with van der Waals surface area (Å²) in [7, 11) is 0. The summed E-state index contributed by atoms with van der Waals surface area (Å²) in [5, 5.41) is 7.74. The molecule has 4 rings (SSSR count). The smallest absolute Gasteiger partial charge is 0.226 e. The Hall–Kier alpha value is -2.40. The van der Waals surface area contributed by atoms with Crippen molar-refractivity contribution in [3.8, 4) is 0 Å². The van der Waals surface area contributed by atoms with Gasteiger partial charge in [0.2, 0.25) is 5.95 Å². The number of fused-ring (bicyclic) bond motifs is 1. The van der Waals surface area contributed by atoms with Crippen molar-refractivity contribution < 1.29 is 0 Å². The summed E-state index contributed by atoms with van der Waals surface area (Å²) in [5.41, 5.74) is 4.62. The van der Waals surface area contributed by atoms with E-state index in [-0.39, 0.29) is 6.04 Å². The number of halogens is 1. The van der Waals surface area contributed by atoms with E-state index in [0.29, 0.717) is 0 Å². The number of benzene rings is 2. The van der Waals surface area contributed by atoms with Crippen molar-refractivity contribution in [2.45, 2.75) is 13.0 Å². The highest BCUT2D eigenvalue weighted by Crippen LogP contribution is 2.32. The van der Waals surface area contributed by atoms with Gasteiger partial charge in [-0.3, -0.25) is 0 Å². The van der Waals surface area contributed by atoms with E-state index in [0.717, 1.165) is 21.7 Å². The number of anilines is 1. The largest absolute Gasteiger partial charge is 0.324 e. The van der Waals surface area contributed by atoms with E-state index in [2.05, 4.69) is 80.7 Å². The van der Waals surface area contributed by atoms with Crippen LogP contribution in [0.5, 0.6) is 0 Å². The molecule has 0 saturated carbocycles. The summed E-state index contributed by atoms with van der Waals surface area (Å²) in [4.78, 5) is 4.34. The number of hydrogen-bond acceptors (Lipinski definition) is 3. The molecule has 0 amide bonds. The molecule has 114 valence electrons. The first-order valence-electron chi connectivity index (χ1n) is 7.41. The lowest BCUT2D eigenvalue weighted by Gasteiger charge is -2.24. The second-order valence-corrected chi connectivity index (χ2v) is 6.52. The molecule has 1 aliphatic heterocycles. The SMILES string of the molecule is Cc1cccc(C2=CC(c3ccc(Br)cc3)n3ncnc3N2)c1. The zero-order chi connectivity index (χ0) is 15.8. The number of allylic oxidation sites excluding steroid dienone is 1. The first kappa shape index (κ1) is 14.2. The van der Waals surface area contributed by atoms with Crippen molar-refractivity contribution in [3.05, 3.63) is 82.1 Å². The van der Waals surface area contributed by atoms with Crippen LogP contribution in [0.4, 0.5) is 5.95 Å². The summed E-state index contributed by atoms with van der Waals surface area (Å²) in [6, 6.07) is 16.8. The van der Waals surface area contributed by atoms with Crippen LogP contribution >= 0.6 is 15.9 Å². The Morgan fingerprint density at radius 3 is 2.74 bits per heavy atom. The molecule has 0 aliphatic carbocycles. The van der Waals surface area contributed by atoms with E-state index in [9.17, 15) is 0 Å². The molecule has 1 N–H and O–H groups in total. The van der Waals surface area contributed by atoms with Gasteiger partial charge in [0, 0.05) is 10.2 Å². The maximum absolute atomic E-state index is 4.37. The maximum atomic E-state index is 4.37. The molecule has 0 bridgehead atoms. The molecule has 5 heteroatoms. The van der Waals surface area contributed by atoms with E-state index in [1.54, 1.807) is 6.33 Å². The third kappa shape index (κ3) is 2.68. The molecule has 3 aromatic rings. The van der Waals surface area contributed by atoms with Gasteiger partial charge in [0.15, 0.2) is 0 Å². The Balaban J connectivity index is 1.81. The Kier molecular flexibility index (Phi) is 3.50. The minimum atomic E-state index is 0.0253. The molecule has 1 unspecified atom stereocenters. The fourth-order valence-electron chi connectivity index (χ4n) is 2.81. The fourth-order valence-corrected chi connectivity index (χ4v) is 3.08. The van der Waals surface area contributed by atoms with Crippen LogP contribution in [0.3, 0.4) is 0 Å². The van der Waals surface area contributed by atoms with Gasteiger partial charge in [0.25, 0.3) is 0 Å². The molecular weight excluding hydrogens is 352 g/mol. The summed E-state index contributed by atoms with van der Waals surface area (Å²) in [6.45, 7) is 2.10. The summed E-state index contributed by atoms with van der Waals surface area (Å²) < 4.78 is 2.97. The monoisotopic (exact) mass is 366 g/mol. The zero-order valence-corrected chi connectivity index (χ0v) is 14.2. The molecule has 0 radical (unpaired) electrons. The van der Waals surface area contributed by atoms with Gasteiger partial charge in [0.1, 0.15) is 12.4 Å². The normalized spacial score (nSPS) is 16.4. The van der Waals surface area contributed by atoms with Crippen LogP contribution < -0.4 is 5.32 Å². The Morgan fingerprint density at radius 2 is 1.96 bits per heavy atom. The lowest BCUT2D eigenvalue weighted by molar-refractivity contribution is 0.612. The van der Waals surface area contributed by atoms with E-state index in [4.69, 9.17) is 0 Å². The standard InChI is InChI=1S/C18H15BrN4/c1-12-3-2-4-14(9-12)16-10-17(13-5-7-15(19)8-6-13)23-18(22-16)20-11-21-23/h2-11,17H,1H3,(H,20,21,22). The summed E-state index contributed by atoms with van der Waals surface area (Å²) in [5.74, 6) is 0.761. The van der Waals surface area contributed by atoms with Gasteiger partial charge in [-0.05, 0) is 42.3 Å². The molecule has 0 saturated heterocycles. The lowest BCUT2D eigenvalue weighted by atomic mass is 10.0. The first-order chi connectivity index (χ1) is 11.2. The quantitative estimate of drug-likeness (QED) is 0.730. The lowest BCUT2D eigenvalue weighted by Crippen LogP contribution is -2.20. The first-order valence-corrected chi connectivity index (χ1v) is 8.21. The average molecular weight is 367 g/mol. The number of nitrogens with one attached hydrogen (secondary N) is 1. The molecule has 2 aromatic carbocycles. The van der Waals surface area contributed by atoms with Crippen LogP contribution in [0.2, 0.25) is 0 Å². The predicted molar refractivity (Wildman–Crippen MR) is 95.1 cm³/mol. The molecule has 1 aliphatic rings. The Bertz CT molecular complexity index is 880. The highest BCUT2D eigenvalue weighted by Gasteiger charge is 2.23. The number of aryl methyl sites for hydroxylation is 1. The molecule has 0 fully saturated rings. The highest BCUT2D eigenvalue weighted by molar-refractivity contribution is 9.10. The minimum Gasteiger partial charge on any atom is -0.324 e. The number of aromatic nitrogens is 3. The van der Waals surface area contributed by atoms with Crippen molar-refractivity contribution in [3.63, 3.8) is 0 Å². The van der Waals surface area contributed by atoms with Gasteiger partial charge < -0.3 is 5.32 Å². The van der Waals surface area contributed by atoms with Crippen molar-refractivity contribution in [1.82, 2.24) is 14.8 Å². The molecule has 1 atom stereocenters. The molecule has 23 heavy (non-hydrogen) atoms. The van der Waals surface area contributed by atoms with Gasteiger partial charge in [-0.15, -0.1) is 0 Å². The summed E-state index contributed by atoms with van der Waals surface area (Å²) >= 11 is 3.49. The van der Waals surface area contributed by atoms with Gasteiger partial charge in [-0.1, -0.05) is 51.8 Å². The maximum Gasteiger partial charge on any atom is 0.226 e. The van der Waals surface area contributed by atoms with Crippen molar-refractivity contribution >= 4 is 27.6 Å². The fraction of sp³-hybridized carbons (Fsp3) is 0.111. The topological polar surface area (TPSA) is 42.7 Å². The third-order valence-corrected chi connectivity index (χ3v) is 4.48. The van der Waals surface area contributed by atoms with Crippen LogP contribution in [-0.2, 0) is 0 Å². The minimum absolute atomic E-state index is 0.0253. The van der Waals surface area contributed by atoms with Crippen molar-refractivity contribution in [2.24, 2.45) is 0 Å². The van der Waals surface area contributed by atoms with Crippen LogP contribution in [-0.4, -0.2) is 14.8 Å². The molecule has 4 nitrogen and oxygen atoms in total. The predicted octanol–water partition coefficient (Wildman–Crippen LogP) is 4.41. The molecule has 2 heterocycles. The van der Waals surface area contributed by atoms with Gasteiger partial charge in [-0.25, -0.2) is 4.68 Å². The number of rotatable bonds is 2. The van der Waals surface area contributed by atoms with Crippen LogP contribution in [0, 0.1) is 6.92 Å². The zero-order valence-electron chi connectivity index (χ0n) is 12.6. The van der Waals surface area contributed by atoms with Crippen molar-refractivity contribution in [2.75, 3.05) is 5.32 Å². The van der Waals surface area contributed by atoms with E-state index in [1.807, 2.05) is 16.8 Å². The number of nitrogens with zero attached hydrogens (tertiary/aromatic N) is 3. The van der Waals surface area contributed by atoms with Gasteiger partial charge >= 0.3 is 0 Å². The van der Waals surface area contributed by atoms with E-state index in [1.165, 1.54) is 11.1 Å². The average Bonchev–Trinajstić information content (AvgIpc) is 3.03. The third-order valence-electron chi connectivity index (χ3n) is 3.95. The Labute approximate surface area is 143 Å². The van der Waals surface area contributed by atoms with Crippen LogP contribution in [0.25, 0.3) is 5.70 Å². The van der Waals surface area contributed by atoms with Crippen molar-refractivity contribution in [1.29, 1.82) is 0 Å². The molecular formula is C18H15BrN4. The van der Waals surface area contributed by atoms with Gasteiger partial charge in [0.05, 0.1) is 0 Å². The number of hydrogen-bond donors (Lipinski definition) is 1. The van der Waals surface area contributed by atoms with Gasteiger partial charge in [-0.2, -0.15) is 10.1 Å². The second kappa shape index (κ2) is 5.66. The summed E-state index contributed by atoms with van der Waals surface area (Å²) in [6.07, 6.45) is 3.78. The van der Waals surface area contributed by atoms with E-state index >= 15 is 0 Å².